The van der Waals surface area contributed by atoms with Crippen molar-refractivity contribution in [2.45, 2.75) is 63.1 Å². The molecule has 0 radical (unpaired) electrons. The van der Waals surface area contributed by atoms with Gasteiger partial charge in [0.25, 0.3) is 0 Å². The fourth-order valence-corrected chi connectivity index (χ4v) is 4.52. The predicted molar refractivity (Wildman–Crippen MR) is 144 cm³/mol. The van der Waals surface area contributed by atoms with Crippen molar-refractivity contribution in [3.8, 4) is 0 Å². The normalized spacial score (nSPS) is 12.7. The van der Waals surface area contributed by atoms with Gasteiger partial charge in [-0.25, -0.2) is 0 Å². The molecule has 0 unspecified atom stereocenters. The van der Waals surface area contributed by atoms with E-state index < -0.39 is 28.4 Å². The van der Waals surface area contributed by atoms with Crippen LogP contribution in [-0.4, -0.2) is 45.8 Å². The number of anilines is 1. The molecule has 0 atom stereocenters. The first-order valence-corrected chi connectivity index (χ1v) is 13.0. The summed E-state index contributed by atoms with van der Waals surface area (Å²) in [6.07, 6.45) is -3.01. The van der Waals surface area contributed by atoms with Gasteiger partial charge < -0.3 is 15.2 Å². The highest BCUT2D eigenvalue weighted by molar-refractivity contribution is 8.01. The summed E-state index contributed by atoms with van der Waals surface area (Å²) in [4.78, 5) is 26.8. The topological polar surface area (TPSA) is 78.9 Å². The second-order valence-corrected chi connectivity index (χ2v) is 11.5. The van der Waals surface area contributed by atoms with Crippen LogP contribution in [0.15, 0.2) is 59.2 Å². The zero-order chi connectivity index (χ0) is 28.7. The maximum absolute atomic E-state index is 13.5. The Labute approximate surface area is 230 Å². The van der Waals surface area contributed by atoms with Crippen LogP contribution in [0.3, 0.4) is 0 Å². The van der Waals surface area contributed by atoms with E-state index in [0.29, 0.717) is 12.3 Å². The van der Waals surface area contributed by atoms with Crippen LogP contribution in [0.1, 0.15) is 45.7 Å². The molecule has 0 aliphatic carbocycles. The van der Waals surface area contributed by atoms with Gasteiger partial charge in [-0.05, 0) is 76.6 Å². The van der Waals surface area contributed by atoms with Gasteiger partial charge >= 0.3 is 12.1 Å². The van der Waals surface area contributed by atoms with Crippen molar-refractivity contribution in [2.75, 3.05) is 18.4 Å². The Hall–Kier alpha value is -2.69. The van der Waals surface area contributed by atoms with Crippen molar-refractivity contribution in [3.63, 3.8) is 0 Å². The molecule has 0 heterocycles. The Bertz CT molecular complexity index is 1150. The average molecular weight is 573 g/mol. The zero-order valence-electron chi connectivity index (χ0n) is 21.9. The van der Waals surface area contributed by atoms with Crippen LogP contribution in [0, 0.1) is 0 Å². The van der Waals surface area contributed by atoms with Gasteiger partial charge in [-0.1, -0.05) is 23.7 Å². The summed E-state index contributed by atoms with van der Waals surface area (Å²) in [6, 6.07) is 10.4. The predicted octanol–water partition coefficient (Wildman–Crippen LogP) is 7.08. The molecule has 0 fully saturated rings. The smallest absolute Gasteiger partial charge is 0.418 e. The number of carbonyl (C=O) groups excluding carboxylic acids is 1. The van der Waals surface area contributed by atoms with Crippen LogP contribution in [0.5, 0.6) is 0 Å². The van der Waals surface area contributed by atoms with Gasteiger partial charge in [0.2, 0.25) is 5.91 Å². The number of amides is 1. The van der Waals surface area contributed by atoms with Crippen LogP contribution in [-0.2, 0) is 27.0 Å². The first kappa shape index (κ1) is 31.5. The number of thioether (sulfide) groups is 1. The van der Waals surface area contributed by atoms with Gasteiger partial charge in [0, 0.05) is 16.5 Å². The van der Waals surface area contributed by atoms with E-state index in [-0.39, 0.29) is 29.9 Å². The van der Waals surface area contributed by atoms with Crippen molar-refractivity contribution in [2.24, 2.45) is 0 Å². The quantitative estimate of drug-likeness (QED) is 0.209. The number of alkyl halides is 3. The zero-order valence-corrected chi connectivity index (χ0v) is 23.4. The Morgan fingerprint density at radius 3 is 2.29 bits per heavy atom. The van der Waals surface area contributed by atoms with Crippen molar-refractivity contribution in [3.05, 3.63) is 70.4 Å². The van der Waals surface area contributed by atoms with Crippen molar-refractivity contribution in [1.29, 1.82) is 0 Å². The molecule has 6 nitrogen and oxygen atoms in total. The fourth-order valence-electron chi connectivity index (χ4n) is 3.40. The molecule has 1 amide bonds. The lowest BCUT2D eigenvalue weighted by Gasteiger charge is -2.25. The number of carbonyl (C=O) groups is 2. The van der Waals surface area contributed by atoms with E-state index in [1.165, 1.54) is 17.8 Å². The third-order valence-corrected chi connectivity index (χ3v) is 6.66. The van der Waals surface area contributed by atoms with E-state index in [4.69, 9.17) is 16.3 Å². The van der Waals surface area contributed by atoms with Crippen LogP contribution < -0.4 is 5.32 Å². The van der Waals surface area contributed by atoms with Gasteiger partial charge in [0.05, 0.1) is 30.4 Å². The molecule has 0 aliphatic heterocycles. The Kier molecular flexibility index (Phi) is 11.1. The standard InChI is InChI=1S/C27H32ClF3N2O4S/c1-6-20(37-17(2)3)15-33(14-18-7-10-21(11-8-18)38-26(4,5)25(35)36)16-24(34)32-23-12-9-19(28)13-22(23)27(29,30)31/h6-13,17H,14-16H2,1-5H3,(H,32,34)(H,35,36)/b20-6-. The number of ether oxygens (including phenoxy) is 1. The molecule has 38 heavy (non-hydrogen) atoms. The number of aliphatic carboxylic acids is 1. The Morgan fingerprint density at radius 1 is 1.13 bits per heavy atom. The summed E-state index contributed by atoms with van der Waals surface area (Å²) in [6.45, 7) is 9.11. The van der Waals surface area contributed by atoms with E-state index >= 15 is 0 Å². The molecule has 0 aliphatic rings. The maximum atomic E-state index is 13.5. The van der Waals surface area contributed by atoms with E-state index in [0.717, 1.165) is 22.6 Å². The number of carboxylic acid groups (broad SMARTS) is 1. The monoisotopic (exact) mass is 572 g/mol. The molecule has 2 aromatic carbocycles. The van der Waals surface area contributed by atoms with Crippen molar-refractivity contribution in [1.82, 2.24) is 4.90 Å². The maximum Gasteiger partial charge on any atom is 0.418 e. The minimum atomic E-state index is -4.69. The summed E-state index contributed by atoms with van der Waals surface area (Å²) in [5.74, 6) is -0.943. The molecular weight excluding hydrogens is 541 g/mol. The first-order valence-electron chi connectivity index (χ1n) is 11.8. The SMILES string of the molecule is C/C=C(/CN(CC(=O)Nc1ccc(Cl)cc1C(F)(F)F)Cc1ccc(SC(C)(C)C(=O)O)cc1)OC(C)C. The molecule has 2 N–H and O–H groups in total. The largest absolute Gasteiger partial charge is 0.494 e. The minimum absolute atomic E-state index is 0.0890. The number of nitrogens with one attached hydrogen (secondary N) is 1. The molecule has 0 spiro atoms. The molecular formula is C27H32ClF3N2O4S. The third kappa shape index (κ3) is 9.89. The molecule has 2 rings (SSSR count). The van der Waals surface area contributed by atoms with Crippen LogP contribution >= 0.6 is 23.4 Å². The highest BCUT2D eigenvalue weighted by Gasteiger charge is 2.34. The van der Waals surface area contributed by atoms with E-state index in [1.807, 2.05) is 26.0 Å². The number of rotatable bonds is 12. The number of hydrogen-bond acceptors (Lipinski definition) is 5. The Balaban J connectivity index is 2.23. The molecule has 208 valence electrons. The van der Waals surface area contributed by atoms with E-state index in [9.17, 15) is 27.9 Å². The van der Waals surface area contributed by atoms with Crippen LogP contribution in [0.25, 0.3) is 0 Å². The number of hydrogen-bond donors (Lipinski definition) is 2. The minimum Gasteiger partial charge on any atom is -0.494 e. The average Bonchev–Trinajstić information content (AvgIpc) is 2.79. The van der Waals surface area contributed by atoms with Crippen molar-refractivity contribution < 1.29 is 32.6 Å². The molecule has 0 bridgehead atoms. The number of benzene rings is 2. The lowest BCUT2D eigenvalue weighted by atomic mass is 10.1. The van der Waals surface area contributed by atoms with Gasteiger partial charge in [0.1, 0.15) is 10.5 Å². The molecule has 0 saturated heterocycles. The number of carboxylic acids is 1. The molecule has 11 heteroatoms. The highest BCUT2D eigenvalue weighted by atomic mass is 35.5. The highest BCUT2D eigenvalue weighted by Crippen LogP contribution is 2.36. The number of nitrogens with zero attached hydrogens (tertiary/aromatic N) is 1. The van der Waals surface area contributed by atoms with E-state index in [2.05, 4.69) is 5.32 Å². The lowest BCUT2D eigenvalue weighted by molar-refractivity contribution is -0.139. The molecule has 0 saturated carbocycles. The Morgan fingerprint density at radius 2 is 1.76 bits per heavy atom. The van der Waals surface area contributed by atoms with Gasteiger partial charge in [-0.3, -0.25) is 14.5 Å². The van der Waals surface area contributed by atoms with Gasteiger partial charge in [-0.2, -0.15) is 13.2 Å². The van der Waals surface area contributed by atoms with E-state index in [1.54, 1.807) is 43.9 Å². The molecule has 0 aromatic heterocycles. The van der Waals surface area contributed by atoms with Crippen molar-refractivity contribution >= 4 is 40.9 Å². The summed E-state index contributed by atoms with van der Waals surface area (Å²) in [5.41, 5.74) is -0.573. The molecule has 2 aromatic rings. The summed E-state index contributed by atoms with van der Waals surface area (Å²) < 4.78 is 45.2. The summed E-state index contributed by atoms with van der Waals surface area (Å²) in [7, 11) is 0. The summed E-state index contributed by atoms with van der Waals surface area (Å²) in [5, 5.41) is 11.6. The van der Waals surface area contributed by atoms with Gasteiger partial charge in [-0.15, -0.1) is 11.8 Å². The van der Waals surface area contributed by atoms with Gasteiger partial charge in [0.15, 0.2) is 0 Å². The summed E-state index contributed by atoms with van der Waals surface area (Å²) >= 11 is 6.95. The number of allylic oxidation sites excluding steroid dienone is 1. The third-order valence-electron chi connectivity index (χ3n) is 5.23. The first-order chi connectivity index (χ1) is 17.6. The fraction of sp³-hybridized carbons (Fsp3) is 0.407. The second-order valence-electron chi connectivity index (χ2n) is 9.36. The van der Waals surface area contributed by atoms with Crippen LogP contribution in [0.2, 0.25) is 5.02 Å². The second kappa shape index (κ2) is 13.4. The van der Waals surface area contributed by atoms with Crippen LogP contribution in [0.4, 0.5) is 18.9 Å². The lowest BCUT2D eigenvalue weighted by Crippen LogP contribution is -2.35. The number of halogens is 4.